The molecule has 0 aliphatic carbocycles. The number of aliphatic hydroxyl groups excluding tert-OH is 1. The fourth-order valence-corrected chi connectivity index (χ4v) is 1.85. The molecule has 1 aromatic rings. The lowest BCUT2D eigenvalue weighted by atomic mass is 9.94. The van der Waals surface area contributed by atoms with Crippen molar-refractivity contribution in [3.63, 3.8) is 0 Å². The van der Waals surface area contributed by atoms with E-state index in [0.29, 0.717) is 0 Å². The van der Waals surface area contributed by atoms with Crippen molar-refractivity contribution in [3.05, 3.63) is 11.6 Å². The number of hydrogen-bond donors (Lipinski definition) is 2. The molecule has 0 radical (unpaired) electrons. The van der Waals surface area contributed by atoms with E-state index < -0.39 is 0 Å². The van der Waals surface area contributed by atoms with Crippen molar-refractivity contribution in [2.24, 2.45) is 0 Å². The lowest BCUT2D eigenvalue weighted by Gasteiger charge is -2.30. The number of anilines is 1. The van der Waals surface area contributed by atoms with Crippen LogP contribution < -0.4 is 5.32 Å². The topological polar surface area (TPSA) is 45.1 Å². The number of nitrogens with zero attached hydrogens (tertiary/aromatic N) is 1. The third-order valence-electron chi connectivity index (χ3n) is 2.46. The first-order chi connectivity index (χ1) is 6.26. The zero-order chi connectivity index (χ0) is 9.73. The van der Waals surface area contributed by atoms with E-state index in [0.717, 1.165) is 18.0 Å². The molecule has 2 N–H and O–H groups in total. The Morgan fingerprint density at radius 1 is 1.54 bits per heavy atom. The highest BCUT2D eigenvalue weighted by Crippen LogP contribution is 2.22. The molecule has 13 heavy (non-hydrogen) atoms. The van der Waals surface area contributed by atoms with Crippen LogP contribution in [-0.4, -0.2) is 22.2 Å². The summed E-state index contributed by atoms with van der Waals surface area (Å²) in [5.41, 5.74) is -0.197. The van der Waals surface area contributed by atoms with Gasteiger partial charge in [0.1, 0.15) is 0 Å². The molecule has 0 saturated heterocycles. The number of aromatic nitrogens is 1. The number of nitrogens with one attached hydrogen (secondary N) is 1. The lowest BCUT2D eigenvalue weighted by molar-refractivity contribution is 0.202. The molecule has 0 aromatic carbocycles. The summed E-state index contributed by atoms with van der Waals surface area (Å²) in [5, 5.41) is 15.4. The Bertz CT molecular complexity index is 224. The van der Waals surface area contributed by atoms with E-state index in [1.165, 1.54) is 0 Å². The van der Waals surface area contributed by atoms with Gasteiger partial charge in [0.2, 0.25) is 0 Å². The summed E-state index contributed by atoms with van der Waals surface area (Å²) in [7, 11) is 0. The Labute approximate surface area is 82.8 Å². The molecule has 4 heteroatoms. The van der Waals surface area contributed by atoms with Crippen LogP contribution in [0, 0.1) is 0 Å². The summed E-state index contributed by atoms with van der Waals surface area (Å²) in [6.45, 7) is 4.29. The van der Waals surface area contributed by atoms with Crippen LogP contribution in [0.4, 0.5) is 5.13 Å². The van der Waals surface area contributed by atoms with Gasteiger partial charge in [-0.15, -0.1) is 11.3 Å². The maximum atomic E-state index is 9.29. The summed E-state index contributed by atoms with van der Waals surface area (Å²) in [5.74, 6) is 0. The number of thiazole rings is 1. The summed E-state index contributed by atoms with van der Waals surface area (Å²) in [6, 6.07) is 0. The van der Waals surface area contributed by atoms with E-state index in [2.05, 4.69) is 24.1 Å². The predicted octanol–water partition coefficient (Wildman–Crippen LogP) is 2.11. The standard InChI is InChI=1S/C9H16N2OS/c1-3-9(4-2,7-12)11-8-10-5-6-13-8/h5-6,12H,3-4,7H2,1-2H3,(H,10,11). The van der Waals surface area contributed by atoms with Crippen molar-refractivity contribution in [1.29, 1.82) is 0 Å². The highest BCUT2D eigenvalue weighted by Gasteiger charge is 2.25. The van der Waals surface area contributed by atoms with Crippen molar-refractivity contribution in [2.75, 3.05) is 11.9 Å². The second-order valence-corrected chi connectivity index (χ2v) is 4.00. The average Bonchev–Trinajstić information content (AvgIpc) is 2.67. The minimum Gasteiger partial charge on any atom is -0.394 e. The summed E-state index contributed by atoms with van der Waals surface area (Å²) in [6.07, 6.45) is 3.57. The second-order valence-electron chi connectivity index (χ2n) is 3.11. The van der Waals surface area contributed by atoms with Crippen molar-refractivity contribution in [3.8, 4) is 0 Å². The Morgan fingerprint density at radius 2 is 2.23 bits per heavy atom. The summed E-state index contributed by atoms with van der Waals surface area (Å²) in [4.78, 5) is 4.14. The molecule has 0 spiro atoms. The van der Waals surface area contributed by atoms with Crippen LogP contribution in [0.3, 0.4) is 0 Å². The maximum absolute atomic E-state index is 9.29. The third kappa shape index (κ3) is 2.42. The van der Waals surface area contributed by atoms with E-state index >= 15 is 0 Å². The van der Waals surface area contributed by atoms with Gasteiger partial charge in [-0.05, 0) is 12.8 Å². The Morgan fingerprint density at radius 3 is 2.62 bits per heavy atom. The quantitative estimate of drug-likeness (QED) is 0.765. The molecule has 0 bridgehead atoms. The van der Waals surface area contributed by atoms with Crippen molar-refractivity contribution in [1.82, 2.24) is 4.98 Å². The van der Waals surface area contributed by atoms with Crippen molar-refractivity contribution in [2.45, 2.75) is 32.2 Å². The molecule has 0 fully saturated rings. The molecule has 0 aliphatic heterocycles. The van der Waals surface area contributed by atoms with Gasteiger partial charge in [0, 0.05) is 11.6 Å². The zero-order valence-corrected chi connectivity index (χ0v) is 8.90. The first-order valence-corrected chi connectivity index (χ1v) is 5.43. The minimum atomic E-state index is -0.197. The minimum absolute atomic E-state index is 0.152. The molecular weight excluding hydrogens is 184 g/mol. The zero-order valence-electron chi connectivity index (χ0n) is 8.08. The monoisotopic (exact) mass is 200 g/mol. The van der Waals surface area contributed by atoms with Gasteiger partial charge in [0.25, 0.3) is 0 Å². The molecular formula is C9H16N2OS. The highest BCUT2D eigenvalue weighted by atomic mass is 32.1. The second kappa shape index (κ2) is 4.58. The first-order valence-electron chi connectivity index (χ1n) is 4.55. The number of rotatable bonds is 5. The molecule has 0 saturated carbocycles. The Hall–Kier alpha value is -0.610. The van der Waals surface area contributed by atoms with Gasteiger partial charge in [0.15, 0.2) is 5.13 Å². The molecule has 1 rings (SSSR count). The van der Waals surface area contributed by atoms with Crippen molar-refractivity contribution < 1.29 is 5.11 Å². The van der Waals surface area contributed by atoms with Gasteiger partial charge in [-0.25, -0.2) is 4.98 Å². The molecule has 0 atom stereocenters. The fraction of sp³-hybridized carbons (Fsp3) is 0.667. The molecule has 0 amide bonds. The smallest absolute Gasteiger partial charge is 0.183 e. The van der Waals surface area contributed by atoms with E-state index in [1.54, 1.807) is 17.5 Å². The number of aliphatic hydroxyl groups is 1. The predicted molar refractivity (Wildman–Crippen MR) is 56.1 cm³/mol. The lowest BCUT2D eigenvalue weighted by Crippen LogP contribution is -2.40. The van der Waals surface area contributed by atoms with Crippen LogP contribution in [-0.2, 0) is 0 Å². The normalized spacial score (nSPS) is 11.6. The van der Waals surface area contributed by atoms with Crippen LogP contribution in [0.5, 0.6) is 0 Å². The largest absolute Gasteiger partial charge is 0.394 e. The van der Waals surface area contributed by atoms with Crippen LogP contribution in [0.15, 0.2) is 11.6 Å². The highest BCUT2D eigenvalue weighted by molar-refractivity contribution is 7.13. The molecule has 1 heterocycles. The Kier molecular flexibility index (Phi) is 3.69. The molecule has 0 aliphatic rings. The van der Waals surface area contributed by atoms with Gasteiger partial charge in [-0.3, -0.25) is 0 Å². The molecule has 0 unspecified atom stereocenters. The van der Waals surface area contributed by atoms with Gasteiger partial charge in [-0.1, -0.05) is 13.8 Å². The number of hydrogen-bond acceptors (Lipinski definition) is 4. The maximum Gasteiger partial charge on any atom is 0.183 e. The average molecular weight is 200 g/mol. The van der Waals surface area contributed by atoms with Crippen molar-refractivity contribution >= 4 is 16.5 Å². The van der Waals surface area contributed by atoms with Gasteiger partial charge < -0.3 is 10.4 Å². The van der Waals surface area contributed by atoms with E-state index in [1.807, 2.05) is 5.38 Å². The Balaban J connectivity index is 2.67. The molecule has 1 aromatic heterocycles. The first kappa shape index (κ1) is 10.5. The van der Waals surface area contributed by atoms with Gasteiger partial charge in [-0.2, -0.15) is 0 Å². The molecule has 3 nitrogen and oxygen atoms in total. The van der Waals surface area contributed by atoms with Crippen LogP contribution >= 0.6 is 11.3 Å². The third-order valence-corrected chi connectivity index (χ3v) is 3.15. The van der Waals surface area contributed by atoms with Crippen LogP contribution in [0.2, 0.25) is 0 Å². The molecule has 74 valence electrons. The summed E-state index contributed by atoms with van der Waals surface area (Å²) >= 11 is 1.56. The van der Waals surface area contributed by atoms with E-state index in [9.17, 15) is 5.11 Å². The van der Waals surface area contributed by atoms with E-state index in [-0.39, 0.29) is 12.1 Å². The van der Waals surface area contributed by atoms with Gasteiger partial charge >= 0.3 is 0 Å². The van der Waals surface area contributed by atoms with Crippen LogP contribution in [0.1, 0.15) is 26.7 Å². The van der Waals surface area contributed by atoms with E-state index in [4.69, 9.17) is 0 Å². The van der Waals surface area contributed by atoms with Crippen LogP contribution in [0.25, 0.3) is 0 Å². The summed E-state index contributed by atoms with van der Waals surface area (Å²) < 4.78 is 0. The SMILES string of the molecule is CCC(CC)(CO)Nc1nccs1. The van der Waals surface area contributed by atoms with Gasteiger partial charge in [0.05, 0.1) is 12.1 Å². The fourth-order valence-electron chi connectivity index (χ4n) is 1.20.